The van der Waals surface area contributed by atoms with E-state index in [-0.39, 0.29) is 13.2 Å². The average molecular weight is 212 g/mol. The third kappa shape index (κ3) is 3.56. The summed E-state index contributed by atoms with van der Waals surface area (Å²) in [6.45, 7) is -1.04. The molecule has 0 aliphatic carbocycles. The zero-order valence-corrected chi connectivity index (χ0v) is 7.96. The van der Waals surface area contributed by atoms with Gasteiger partial charge in [-0.2, -0.15) is 0 Å². The van der Waals surface area contributed by atoms with Crippen molar-refractivity contribution in [2.75, 3.05) is 19.9 Å². The number of halogens is 2. The highest BCUT2D eigenvalue weighted by Crippen LogP contribution is 2.18. The fourth-order valence-electron chi connectivity index (χ4n) is 1.01. The van der Waals surface area contributed by atoms with Crippen molar-refractivity contribution in [3.05, 3.63) is 29.6 Å². The highest BCUT2D eigenvalue weighted by atomic mass is 19.1. The number of aliphatic hydroxyl groups excluding tert-OH is 1. The molecule has 80 valence electrons. The molecule has 0 fully saturated rings. The number of benzene rings is 1. The number of alkyl halides is 1. The third-order valence-corrected chi connectivity index (χ3v) is 1.58. The van der Waals surface area contributed by atoms with E-state index in [2.05, 4.69) is 11.8 Å². The molecule has 0 atom stereocenters. The Balaban J connectivity index is 2.92. The van der Waals surface area contributed by atoms with E-state index in [1.165, 1.54) is 18.2 Å². The molecule has 1 N–H and O–H groups in total. The smallest absolute Gasteiger partial charge is 0.135 e. The van der Waals surface area contributed by atoms with Crippen LogP contribution >= 0.6 is 0 Å². The minimum atomic E-state index is -0.621. The normalized spacial score (nSPS) is 9.27. The summed E-state index contributed by atoms with van der Waals surface area (Å²) in [6.07, 6.45) is 0. The van der Waals surface area contributed by atoms with Gasteiger partial charge in [-0.15, -0.1) is 0 Å². The van der Waals surface area contributed by atoms with Gasteiger partial charge >= 0.3 is 0 Å². The molecule has 0 saturated heterocycles. The lowest BCUT2D eigenvalue weighted by atomic mass is 10.2. The molecule has 1 aromatic carbocycles. The Labute approximate surface area is 86.5 Å². The van der Waals surface area contributed by atoms with Gasteiger partial charge in [-0.3, -0.25) is 0 Å². The molecule has 0 amide bonds. The first-order valence-electron chi connectivity index (χ1n) is 4.36. The zero-order valence-electron chi connectivity index (χ0n) is 7.96. The van der Waals surface area contributed by atoms with E-state index in [1.54, 1.807) is 0 Å². The number of ether oxygens (including phenoxy) is 1. The van der Waals surface area contributed by atoms with Crippen LogP contribution < -0.4 is 4.74 Å². The van der Waals surface area contributed by atoms with Crippen LogP contribution in [0, 0.1) is 17.7 Å². The standard InChI is InChI=1S/C11H10F2O2/c12-5-7-15-11-4-3-10(13)8-9(11)2-1-6-14/h3-4,8,14H,5-7H2. The van der Waals surface area contributed by atoms with Gasteiger partial charge in [0.25, 0.3) is 0 Å². The second-order valence-electron chi connectivity index (χ2n) is 2.64. The molecule has 15 heavy (non-hydrogen) atoms. The first-order valence-corrected chi connectivity index (χ1v) is 4.36. The van der Waals surface area contributed by atoms with Crippen molar-refractivity contribution in [3.63, 3.8) is 0 Å². The molecule has 0 unspecified atom stereocenters. The van der Waals surface area contributed by atoms with Crippen molar-refractivity contribution in [3.8, 4) is 17.6 Å². The van der Waals surface area contributed by atoms with Crippen LogP contribution in [0.5, 0.6) is 5.75 Å². The second kappa shape index (κ2) is 5.99. The Morgan fingerprint density at radius 3 is 2.87 bits per heavy atom. The summed E-state index contributed by atoms with van der Waals surface area (Å²) in [7, 11) is 0. The van der Waals surface area contributed by atoms with E-state index < -0.39 is 12.5 Å². The molecule has 0 bridgehead atoms. The molecular weight excluding hydrogens is 202 g/mol. The number of aliphatic hydroxyl groups is 1. The number of rotatable bonds is 3. The molecule has 0 aromatic heterocycles. The van der Waals surface area contributed by atoms with Crippen molar-refractivity contribution in [1.29, 1.82) is 0 Å². The first kappa shape index (κ1) is 11.5. The topological polar surface area (TPSA) is 29.5 Å². The first-order chi connectivity index (χ1) is 7.27. The van der Waals surface area contributed by atoms with Crippen LogP contribution in [0.1, 0.15) is 5.56 Å². The molecule has 1 aromatic rings. The molecule has 0 aliphatic rings. The molecule has 1 rings (SSSR count). The fraction of sp³-hybridized carbons (Fsp3) is 0.273. The van der Waals surface area contributed by atoms with E-state index in [0.29, 0.717) is 11.3 Å². The van der Waals surface area contributed by atoms with Crippen molar-refractivity contribution in [2.45, 2.75) is 0 Å². The van der Waals surface area contributed by atoms with Gasteiger partial charge in [-0.05, 0) is 18.2 Å². The van der Waals surface area contributed by atoms with E-state index in [0.717, 1.165) is 0 Å². The minimum absolute atomic E-state index is 0.0978. The molecule has 0 spiro atoms. The van der Waals surface area contributed by atoms with E-state index in [1.807, 2.05) is 0 Å². The van der Waals surface area contributed by atoms with E-state index in [9.17, 15) is 8.78 Å². The fourth-order valence-corrected chi connectivity index (χ4v) is 1.01. The van der Waals surface area contributed by atoms with Gasteiger partial charge in [-0.1, -0.05) is 11.8 Å². The predicted octanol–water partition coefficient (Wildman–Crippen LogP) is 1.52. The van der Waals surface area contributed by atoms with E-state index >= 15 is 0 Å². The molecule has 4 heteroatoms. The summed E-state index contributed by atoms with van der Waals surface area (Å²) < 4.78 is 29.7. The maximum absolute atomic E-state index is 12.8. The van der Waals surface area contributed by atoms with Gasteiger partial charge in [0.1, 0.15) is 31.5 Å². The second-order valence-corrected chi connectivity index (χ2v) is 2.64. The minimum Gasteiger partial charge on any atom is -0.490 e. The van der Waals surface area contributed by atoms with Crippen molar-refractivity contribution in [1.82, 2.24) is 0 Å². The third-order valence-electron chi connectivity index (χ3n) is 1.58. The van der Waals surface area contributed by atoms with Crippen molar-refractivity contribution >= 4 is 0 Å². The maximum atomic E-state index is 12.8. The van der Waals surface area contributed by atoms with Crippen LogP contribution in [0.15, 0.2) is 18.2 Å². The highest BCUT2D eigenvalue weighted by molar-refractivity contribution is 5.46. The van der Waals surface area contributed by atoms with Gasteiger partial charge in [0, 0.05) is 0 Å². The molecule has 0 radical (unpaired) electrons. The molecule has 0 saturated carbocycles. The van der Waals surface area contributed by atoms with Gasteiger partial charge in [0.05, 0.1) is 5.56 Å². The Morgan fingerprint density at radius 1 is 1.40 bits per heavy atom. The molecule has 0 heterocycles. The van der Waals surface area contributed by atoms with Crippen LogP contribution in [0.2, 0.25) is 0 Å². The summed E-state index contributed by atoms with van der Waals surface area (Å²) >= 11 is 0. The summed E-state index contributed by atoms with van der Waals surface area (Å²) in [6, 6.07) is 3.76. The van der Waals surface area contributed by atoms with Crippen LogP contribution in [0.25, 0.3) is 0 Å². The monoisotopic (exact) mass is 212 g/mol. The number of hydrogen-bond acceptors (Lipinski definition) is 2. The maximum Gasteiger partial charge on any atom is 0.135 e. The van der Waals surface area contributed by atoms with Crippen LogP contribution in [-0.2, 0) is 0 Å². The zero-order chi connectivity index (χ0) is 11.1. The quantitative estimate of drug-likeness (QED) is 0.770. The van der Waals surface area contributed by atoms with Crippen LogP contribution in [0.4, 0.5) is 8.78 Å². The van der Waals surface area contributed by atoms with Crippen LogP contribution in [-0.4, -0.2) is 25.0 Å². The predicted molar refractivity (Wildman–Crippen MR) is 51.8 cm³/mol. The highest BCUT2D eigenvalue weighted by Gasteiger charge is 2.02. The molecule has 0 aliphatic heterocycles. The Bertz CT molecular complexity index is 380. The lowest BCUT2D eigenvalue weighted by Gasteiger charge is -2.05. The lowest BCUT2D eigenvalue weighted by Crippen LogP contribution is -2.00. The Kier molecular flexibility index (Phi) is 4.58. The number of hydrogen-bond donors (Lipinski definition) is 1. The van der Waals surface area contributed by atoms with Gasteiger partial charge in [0.15, 0.2) is 0 Å². The van der Waals surface area contributed by atoms with Crippen molar-refractivity contribution in [2.24, 2.45) is 0 Å². The summed E-state index contributed by atoms with van der Waals surface area (Å²) in [5, 5.41) is 8.50. The molecule has 2 nitrogen and oxygen atoms in total. The Morgan fingerprint density at radius 2 is 2.20 bits per heavy atom. The van der Waals surface area contributed by atoms with Gasteiger partial charge < -0.3 is 9.84 Å². The summed E-state index contributed by atoms with van der Waals surface area (Å²) in [5.41, 5.74) is 0.303. The van der Waals surface area contributed by atoms with Gasteiger partial charge in [-0.25, -0.2) is 8.78 Å². The summed E-state index contributed by atoms with van der Waals surface area (Å²) in [5.74, 6) is 4.76. The SMILES string of the molecule is OCC#Cc1cc(F)ccc1OCCF. The molecular formula is C11H10F2O2. The summed E-state index contributed by atoms with van der Waals surface area (Å²) in [4.78, 5) is 0. The van der Waals surface area contributed by atoms with Crippen molar-refractivity contribution < 1.29 is 18.6 Å². The van der Waals surface area contributed by atoms with E-state index in [4.69, 9.17) is 9.84 Å². The average Bonchev–Trinajstić information content (AvgIpc) is 2.25. The van der Waals surface area contributed by atoms with Crippen LogP contribution in [0.3, 0.4) is 0 Å². The van der Waals surface area contributed by atoms with Gasteiger partial charge in [0.2, 0.25) is 0 Å². The Hall–Kier alpha value is -1.60. The lowest BCUT2D eigenvalue weighted by molar-refractivity contribution is 0.272. The largest absolute Gasteiger partial charge is 0.490 e.